The molecule has 1 aliphatic heterocycles. The topological polar surface area (TPSA) is 50.4 Å². The van der Waals surface area contributed by atoms with Gasteiger partial charge >= 0.3 is 0 Å². The van der Waals surface area contributed by atoms with E-state index < -0.39 is 0 Å². The zero-order chi connectivity index (χ0) is 15.9. The normalized spacial score (nSPS) is 20.2. The molecule has 4 heteroatoms. The van der Waals surface area contributed by atoms with Gasteiger partial charge in [-0.05, 0) is 69.0 Å². The first-order chi connectivity index (χ1) is 11.3. The lowest BCUT2D eigenvalue weighted by atomic mass is 9.88. The number of benzene rings is 1. The van der Waals surface area contributed by atoms with Crippen molar-refractivity contribution < 1.29 is 9.53 Å². The quantitative estimate of drug-likeness (QED) is 0.873. The standard InChI is InChI=1S/C19H28N2O2/c22-19(16-4-2-1-3-5-16)21-17-6-8-18(9-7-17)23-14-15-10-12-20-13-11-15/h6-9,15-16,20H,1-5,10-14H2,(H,21,22). The van der Waals surface area contributed by atoms with Crippen molar-refractivity contribution >= 4 is 11.6 Å². The highest BCUT2D eigenvalue weighted by Crippen LogP contribution is 2.25. The number of amides is 1. The van der Waals surface area contributed by atoms with E-state index in [0.29, 0.717) is 5.92 Å². The Morgan fingerprint density at radius 2 is 1.74 bits per heavy atom. The molecule has 1 aromatic carbocycles. The lowest BCUT2D eigenvalue weighted by Crippen LogP contribution is -2.30. The smallest absolute Gasteiger partial charge is 0.227 e. The third-order valence-corrected chi connectivity index (χ3v) is 5.04. The van der Waals surface area contributed by atoms with E-state index >= 15 is 0 Å². The highest BCUT2D eigenvalue weighted by atomic mass is 16.5. The molecule has 1 saturated heterocycles. The summed E-state index contributed by atoms with van der Waals surface area (Å²) in [5.74, 6) is 1.91. The summed E-state index contributed by atoms with van der Waals surface area (Å²) < 4.78 is 5.88. The van der Waals surface area contributed by atoms with Crippen LogP contribution >= 0.6 is 0 Å². The van der Waals surface area contributed by atoms with E-state index in [1.807, 2.05) is 24.3 Å². The molecule has 3 rings (SSSR count). The van der Waals surface area contributed by atoms with E-state index in [0.717, 1.165) is 44.0 Å². The van der Waals surface area contributed by atoms with E-state index in [-0.39, 0.29) is 11.8 Å². The van der Waals surface area contributed by atoms with E-state index in [4.69, 9.17) is 4.74 Å². The van der Waals surface area contributed by atoms with Crippen LogP contribution in [0.15, 0.2) is 24.3 Å². The van der Waals surface area contributed by atoms with Gasteiger partial charge in [-0.2, -0.15) is 0 Å². The summed E-state index contributed by atoms with van der Waals surface area (Å²) in [6.07, 6.45) is 8.08. The number of ether oxygens (including phenoxy) is 1. The fraction of sp³-hybridized carbons (Fsp3) is 0.632. The maximum absolute atomic E-state index is 12.2. The first kappa shape index (κ1) is 16.3. The maximum Gasteiger partial charge on any atom is 0.227 e. The molecular weight excluding hydrogens is 288 g/mol. The number of carbonyl (C=O) groups excluding carboxylic acids is 1. The molecule has 126 valence electrons. The van der Waals surface area contributed by atoms with Crippen molar-refractivity contribution in [3.8, 4) is 5.75 Å². The molecule has 0 unspecified atom stereocenters. The molecule has 0 radical (unpaired) electrons. The van der Waals surface area contributed by atoms with Crippen LogP contribution in [0.3, 0.4) is 0 Å². The Morgan fingerprint density at radius 1 is 1.04 bits per heavy atom. The summed E-state index contributed by atoms with van der Waals surface area (Å²) in [5, 5.41) is 6.41. The summed E-state index contributed by atoms with van der Waals surface area (Å²) in [4.78, 5) is 12.2. The number of carbonyl (C=O) groups is 1. The molecular formula is C19H28N2O2. The second-order valence-electron chi connectivity index (χ2n) is 6.85. The average molecular weight is 316 g/mol. The predicted octanol–water partition coefficient (Wildman–Crippen LogP) is 3.58. The van der Waals surface area contributed by atoms with E-state index in [2.05, 4.69) is 10.6 Å². The van der Waals surface area contributed by atoms with Gasteiger partial charge in [0, 0.05) is 11.6 Å². The summed E-state index contributed by atoms with van der Waals surface area (Å²) in [5.41, 5.74) is 0.870. The van der Waals surface area contributed by atoms with Crippen molar-refractivity contribution in [2.75, 3.05) is 25.0 Å². The van der Waals surface area contributed by atoms with Gasteiger partial charge in [0.1, 0.15) is 5.75 Å². The Kier molecular flexibility index (Phi) is 5.92. The van der Waals surface area contributed by atoms with Crippen LogP contribution in [0.25, 0.3) is 0 Å². The largest absolute Gasteiger partial charge is 0.493 e. The summed E-state index contributed by atoms with van der Waals surface area (Å²) in [6, 6.07) is 7.80. The zero-order valence-electron chi connectivity index (χ0n) is 13.9. The molecule has 1 amide bonds. The van der Waals surface area contributed by atoms with Crippen molar-refractivity contribution in [1.29, 1.82) is 0 Å². The Balaban J connectivity index is 1.45. The average Bonchev–Trinajstić information content (AvgIpc) is 2.63. The number of hydrogen-bond donors (Lipinski definition) is 2. The molecule has 2 aliphatic rings. The molecule has 2 fully saturated rings. The zero-order valence-corrected chi connectivity index (χ0v) is 13.9. The van der Waals surface area contributed by atoms with E-state index in [1.54, 1.807) is 0 Å². The molecule has 23 heavy (non-hydrogen) atoms. The van der Waals surface area contributed by atoms with Gasteiger partial charge in [0.2, 0.25) is 5.91 Å². The highest BCUT2D eigenvalue weighted by molar-refractivity contribution is 5.92. The van der Waals surface area contributed by atoms with Gasteiger partial charge in [-0.1, -0.05) is 19.3 Å². The van der Waals surface area contributed by atoms with Gasteiger partial charge in [-0.25, -0.2) is 0 Å². The number of rotatable bonds is 5. The molecule has 1 aromatic rings. The second-order valence-corrected chi connectivity index (χ2v) is 6.85. The van der Waals surface area contributed by atoms with Crippen molar-refractivity contribution in [1.82, 2.24) is 5.32 Å². The van der Waals surface area contributed by atoms with Crippen LogP contribution in [0, 0.1) is 11.8 Å². The van der Waals surface area contributed by atoms with Crippen molar-refractivity contribution in [3.05, 3.63) is 24.3 Å². The van der Waals surface area contributed by atoms with Gasteiger partial charge in [-0.15, -0.1) is 0 Å². The number of hydrogen-bond acceptors (Lipinski definition) is 3. The maximum atomic E-state index is 12.2. The minimum absolute atomic E-state index is 0.174. The van der Waals surface area contributed by atoms with Crippen LogP contribution in [-0.2, 0) is 4.79 Å². The third-order valence-electron chi connectivity index (χ3n) is 5.04. The van der Waals surface area contributed by atoms with Gasteiger partial charge in [0.05, 0.1) is 6.61 Å². The fourth-order valence-electron chi connectivity index (χ4n) is 3.51. The van der Waals surface area contributed by atoms with Gasteiger partial charge < -0.3 is 15.4 Å². The number of anilines is 1. The Labute approximate surface area is 139 Å². The minimum atomic E-state index is 0.174. The SMILES string of the molecule is O=C(Nc1ccc(OCC2CCNCC2)cc1)C1CCCCC1. The first-order valence-corrected chi connectivity index (χ1v) is 9.06. The van der Waals surface area contributed by atoms with Crippen LogP contribution in [0.2, 0.25) is 0 Å². The van der Waals surface area contributed by atoms with E-state index in [1.165, 1.54) is 32.1 Å². The van der Waals surface area contributed by atoms with Gasteiger partial charge in [-0.3, -0.25) is 4.79 Å². The summed E-state index contributed by atoms with van der Waals surface area (Å²) >= 11 is 0. The molecule has 0 atom stereocenters. The first-order valence-electron chi connectivity index (χ1n) is 9.06. The second kappa shape index (κ2) is 8.34. The molecule has 1 saturated carbocycles. The Morgan fingerprint density at radius 3 is 2.43 bits per heavy atom. The van der Waals surface area contributed by atoms with Crippen LogP contribution in [0.1, 0.15) is 44.9 Å². The van der Waals surface area contributed by atoms with E-state index in [9.17, 15) is 4.79 Å². The van der Waals surface area contributed by atoms with Gasteiger partial charge in [0.15, 0.2) is 0 Å². The summed E-state index contributed by atoms with van der Waals surface area (Å²) in [6.45, 7) is 2.98. The van der Waals surface area contributed by atoms with Crippen LogP contribution < -0.4 is 15.4 Å². The Bertz CT molecular complexity index is 489. The molecule has 0 aromatic heterocycles. The van der Waals surface area contributed by atoms with Crippen LogP contribution in [0.5, 0.6) is 5.75 Å². The van der Waals surface area contributed by atoms with Crippen molar-refractivity contribution in [2.24, 2.45) is 11.8 Å². The van der Waals surface area contributed by atoms with Crippen LogP contribution in [0.4, 0.5) is 5.69 Å². The minimum Gasteiger partial charge on any atom is -0.493 e. The third kappa shape index (κ3) is 4.96. The number of nitrogens with one attached hydrogen (secondary N) is 2. The number of piperidine rings is 1. The molecule has 0 spiro atoms. The van der Waals surface area contributed by atoms with Crippen LogP contribution in [-0.4, -0.2) is 25.6 Å². The highest BCUT2D eigenvalue weighted by Gasteiger charge is 2.21. The Hall–Kier alpha value is -1.55. The lowest BCUT2D eigenvalue weighted by molar-refractivity contribution is -0.120. The fourth-order valence-corrected chi connectivity index (χ4v) is 3.51. The summed E-state index contributed by atoms with van der Waals surface area (Å²) in [7, 11) is 0. The molecule has 2 N–H and O–H groups in total. The lowest BCUT2D eigenvalue weighted by Gasteiger charge is -2.22. The molecule has 1 aliphatic carbocycles. The monoisotopic (exact) mass is 316 g/mol. The molecule has 0 bridgehead atoms. The molecule has 4 nitrogen and oxygen atoms in total. The van der Waals surface area contributed by atoms with Gasteiger partial charge in [0.25, 0.3) is 0 Å². The van der Waals surface area contributed by atoms with Crippen molar-refractivity contribution in [2.45, 2.75) is 44.9 Å². The molecule has 1 heterocycles. The predicted molar refractivity (Wildman–Crippen MR) is 92.7 cm³/mol. The van der Waals surface area contributed by atoms with Crippen molar-refractivity contribution in [3.63, 3.8) is 0 Å².